The molecule has 0 bridgehead atoms. The van der Waals surface area contributed by atoms with E-state index in [0.29, 0.717) is 11.6 Å². The molecule has 0 unspecified atom stereocenters. The summed E-state index contributed by atoms with van der Waals surface area (Å²) in [5.74, 6) is -0.640. The Labute approximate surface area is 97.4 Å². The number of nitro groups is 1. The molecule has 2 N–H and O–H groups in total. The SMILES string of the molecule is O=C(O)c1ccc(NCC2CC2)cc1[N+](=O)[O-]. The monoisotopic (exact) mass is 236 g/mol. The Morgan fingerprint density at radius 1 is 1.53 bits per heavy atom. The Hall–Kier alpha value is -2.11. The van der Waals surface area contributed by atoms with Crippen molar-refractivity contribution in [1.82, 2.24) is 0 Å². The fourth-order valence-electron chi connectivity index (χ4n) is 1.56. The number of rotatable bonds is 5. The number of hydrogen-bond acceptors (Lipinski definition) is 4. The molecule has 2 rings (SSSR count). The summed E-state index contributed by atoms with van der Waals surface area (Å²) in [6.45, 7) is 0.781. The molecule has 6 heteroatoms. The second-order valence-electron chi connectivity index (χ2n) is 4.12. The van der Waals surface area contributed by atoms with Gasteiger partial charge in [-0.05, 0) is 30.9 Å². The first-order chi connectivity index (χ1) is 8.08. The third-order valence-electron chi connectivity index (χ3n) is 2.72. The fourth-order valence-corrected chi connectivity index (χ4v) is 1.56. The molecular formula is C11H12N2O4. The third kappa shape index (κ3) is 2.72. The lowest BCUT2D eigenvalue weighted by atomic mass is 10.1. The van der Waals surface area contributed by atoms with Crippen LogP contribution in [0.1, 0.15) is 23.2 Å². The van der Waals surface area contributed by atoms with Crippen LogP contribution in [-0.4, -0.2) is 22.5 Å². The molecule has 1 saturated carbocycles. The minimum atomic E-state index is -1.29. The molecule has 0 aromatic heterocycles. The number of aromatic carboxylic acids is 1. The van der Waals surface area contributed by atoms with Crippen molar-refractivity contribution < 1.29 is 14.8 Å². The maximum Gasteiger partial charge on any atom is 0.342 e. The van der Waals surface area contributed by atoms with E-state index in [1.165, 1.54) is 25.0 Å². The van der Waals surface area contributed by atoms with Crippen LogP contribution in [0.5, 0.6) is 0 Å². The summed E-state index contributed by atoms with van der Waals surface area (Å²) in [6.07, 6.45) is 2.37. The fraction of sp³-hybridized carbons (Fsp3) is 0.364. The van der Waals surface area contributed by atoms with Crippen LogP contribution in [0.15, 0.2) is 18.2 Å². The van der Waals surface area contributed by atoms with Gasteiger partial charge in [0.25, 0.3) is 5.69 Å². The van der Waals surface area contributed by atoms with Crippen molar-refractivity contribution in [2.75, 3.05) is 11.9 Å². The van der Waals surface area contributed by atoms with E-state index < -0.39 is 10.9 Å². The van der Waals surface area contributed by atoms with Crippen LogP contribution in [-0.2, 0) is 0 Å². The molecular weight excluding hydrogens is 224 g/mol. The van der Waals surface area contributed by atoms with Gasteiger partial charge in [0.15, 0.2) is 0 Å². The van der Waals surface area contributed by atoms with Gasteiger partial charge in [0, 0.05) is 18.3 Å². The molecule has 0 saturated heterocycles. The van der Waals surface area contributed by atoms with Crippen molar-refractivity contribution in [2.45, 2.75) is 12.8 Å². The highest BCUT2D eigenvalue weighted by Crippen LogP contribution is 2.30. The smallest absolute Gasteiger partial charge is 0.342 e. The van der Waals surface area contributed by atoms with E-state index in [9.17, 15) is 14.9 Å². The largest absolute Gasteiger partial charge is 0.477 e. The number of carboxylic acids is 1. The number of anilines is 1. The number of nitrogens with zero attached hydrogens (tertiary/aromatic N) is 1. The minimum absolute atomic E-state index is 0.285. The van der Waals surface area contributed by atoms with Gasteiger partial charge in [0.1, 0.15) is 5.56 Å². The zero-order valence-electron chi connectivity index (χ0n) is 9.05. The summed E-state index contributed by atoms with van der Waals surface area (Å²) in [6, 6.07) is 4.08. The highest BCUT2D eigenvalue weighted by atomic mass is 16.6. The van der Waals surface area contributed by atoms with E-state index in [4.69, 9.17) is 5.11 Å². The van der Waals surface area contributed by atoms with Crippen LogP contribution in [0.25, 0.3) is 0 Å². The van der Waals surface area contributed by atoms with Crippen molar-refractivity contribution in [3.63, 3.8) is 0 Å². The Balaban J connectivity index is 2.20. The van der Waals surface area contributed by atoms with Gasteiger partial charge in [0.05, 0.1) is 4.92 Å². The molecule has 0 radical (unpaired) electrons. The lowest BCUT2D eigenvalue weighted by Gasteiger charge is -2.06. The van der Waals surface area contributed by atoms with Crippen LogP contribution in [0.4, 0.5) is 11.4 Å². The molecule has 0 aliphatic heterocycles. The van der Waals surface area contributed by atoms with Gasteiger partial charge in [-0.2, -0.15) is 0 Å². The normalized spacial score (nSPS) is 14.4. The molecule has 0 atom stereocenters. The van der Waals surface area contributed by atoms with Crippen LogP contribution in [0.2, 0.25) is 0 Å². The van der Waals surface area contributed by atoms with E-state index >= 15 is 0 Å². The minimum Gasteiger partial charge on any atom is -0.477 e. The lowest BCUT2D eigenvalue weighted by Crippen LogP contribution is -2.06. The molecule has 0 amide bonds. The van der Waals surface area contributed by atoms with Gasteiger partial charge in [-0.15, -0.1) is 0 Å². The first-order valence-electron chi connectivity index (χ1n) is 5.33. The number of hydrogen-bond donors (Lipinski definition) is 2. The molecule has 0 spiro atoms. The van der Waals surface area contributed by atoms with Crippen LogP contribution in [0.3, 0.4) is 0 Å². The van der Waals surface area contributed by atoms with Crippen molar-refractivity contribution in [2.24, 2.45) is 5.92 Å². The van der Waals surface area contributed by atoms with E-state index in [-0.39, 0.29) is 11.3 Å². The Morgan fingerprint density at radius 3 is 2.76 bits per heavy atom. The summed E-state index contributed by atoms with van der Waals surface area (Å²) in [5.41, 5.74) is -0.0705. The molecule has 1 aliphatic rings. The maximum absolute atomic E-state index is 10.8. The summed E-state index contributed by atoms with van der Waals surface area (Å²) >= 11 is 0. The lowest BCUT2D eigenvalue weighted by molar-refractivity contribution is -0.385. The average Bonchev–Trinajstić information content (AvgIpc) is 3.09. The van der Waals surface area contributed by atoms with Crippen molar-refractivity contribution in [3.05, 3.63) is 33.9 Å². The van der Waals surface area contributed by atoms with Gasteiger partial charge in [-0.3, -0.25) is 10.1 Å². The average molecular weight is 236 g/mol. The van der Waals surface area contributed by atoms with Gasteiger partial charge in [-0.25, -0.2) is 4.79 Å². The van der Waals surface area contributed by atoms with E-state index in [1.54, 1.807) is 6.07 Å². The van der Waals surface area contributed by atoms with E-state index in [1.807, 2.05) is 0 Å². The van der Waals surface area contributed by atoms with Gasteiger partial charge >= 0.3 is 5.97 Å². The number of benzene rings is 1. The summed E-state index contributed by atoms with van der Waals surface area (Å²) in [4.78, 5) is 20.9. The number of nitrogens with one attached hydrogen (secondary N) is 1. The quantitative estimate of drug-likeness (QED) is 0.603. The third-order valence-corrected chi connectivity index (χ3v) is 2.72. The van der Waals surface area contributed by atoms with Crippen molar-refractivity contribution >= 4 is 17.3 Å². The van der Waals surface area contributed by atoms with Crippen molar-refractivity contribution in [3.8, 4) is 0 Å². The molecule has 0 heterocycles. The summed E-state index contributed by atoms with van der Waals surface area (Å²) in [7, 11) is 0. The Bertz CT molecular complexity index is 469. The highest BCUT2D eigenvalue weighted by molar-refractivity contribution is 5.93. The molecule has 1 aromatic rings. The van der Waals surface area contributed by atoms with Crippen LogP contribution < -0.4 is 5.32 Å². The molecule has 1 aliphatic carbocycles. The van der Waals surface area contributed by atoms with Crippen LogP contribution in [0, 0.1) is 16.0 Å². The number of carbonyl (C=O) groups is 1. The first kappa shape index (κ1) is 11.4. The van der Waals surface area contributed by atoms with Crippen LogP contribution >= 0.6 is 0 Å². The second-order valence-corrected chi connectivity index (χ2v) is 4.12. The van der Waals surface area contributed by atoms with Gasteiger partial charge in [-0.1, -0.05) is 0 Å². The van der Waals surface area contributed by atoms with Gasteiger partial charge in [0.2, 0.25) is 0 Å². The predicted molar refractivity (Wildman–Crippen MR) is 61.3 cm³/mol. The number of nitro benzene ring substituents is 1. The summed E-state index contributed by atoms with van der Waals surface area (Å²) in [5, 5.41) is 22.6. The topological polar surface area (TPSA) is 92.5 Å². The summed E-state index contributed by atoms with van der Waals surface area (Å²) < 4.78 is 0. The maximum atomic E-state index is 10.8. The van der Waals surface area contributed by atoms with Gasteiger partial charge < -0.3 is 10.4 Å². The first-order valence-corrected chi connectivity index (χ1v) is 5.33. The number of carboxylic acid groups (broad SMARTS) is 1. The zero-order valence-corrected chi connectivity index (χ0v) is 9.05. The molecule has 6 nitrogen and oxygen atoms in total. The van der Waals surface area contributed by atoms with E-state index in [0.717, 1.165) is 6.54 Å². The second kappa shape index (κ2) is 4.40. The molecule has 1 fully saturated rings. The zero-order chi connectivity index (χ0) is 12.4. The standard InChI is InChI=1S/C11H12N2O4/c14-11(15)9-4-3-8(5-10(9)13(16)17)12-6-7-1-2-7/h3-5,7,12H,1-2,6H2,(H,14,15). The Kier molecular flexibility index (Phi) is 2.95. The van der Waals surface area contributed by atoms with Crippen molar-refractivity contribution in [1.29, 1.82) is 0 Å². The molecule has 90 valence electrons. The predicted octanol–water partition coefficient (Wildman–Crippen LogP) is 2.11. The molecule has 17 heavy (non-hydrogen) atoms. The highest BCUT2D eigenvalue weighted by Gasteiger charge is 2.22. The van der Waals surface area contributed by atoms with E-state index in [2.05, 4.69) is 5.32 Å². The Morgan fingerprint density at radius 2 is 2.24 bits per heavy atom. The molecule has 1 aromatic carbocycles.